The maximum Gasteiger partial charge on any atom is 0.104 e. The predicted molar refractivity (Wildman–Crippen MR) is 61.1 cm³/mol. The molecule has 0 atom stereocenters. The van der Waals surface area contributed by atoms with Gasteiger partial charge in [-0.3, -0.25) is 0 Å². The molecular formula is C12H20ClN+2. The zero-order chi connectivity index (χ0) is 9.90. The second-order valence-corrected chi connectivity index (χ2v) is 4.39. The molecule has 0 aromatic heterocycles. The monoisotopic (exact) mass is 213 g/mol. The third-order valence-corrected chi connectivity index (χ3v) is 1.87. The maximum absolute atomic E-state index is 3.73. The first-order valence-corrected chi connectivity index (χ1v) is 4.53. The highest BCUT2D eigenvalue weighted by Crippen LogP contribution is 2.09. The van der Waals surface area contributed by atoms with E-state index < -0.39 is 0 Å². The number of hydrogen-bond acceptors (Lipinski definition) is 0. The Hall–Kier alpha value is -0.790. The second kappa shape index (κ2) is 5.18. The van der Waals surface area contributed by atoms with Gasteiger partial charge >= 0.3 is 0 Å². The molecule has 0 saturated carbocycles. The molecule has 1 nitrogen and oxygen atoms in total. The van der Waals surface area contributed by atoms with E-state index in [1.807, 2.05) is 6.08 Å². The summed E-state index contributed by atoms with van der Waals surface area (Å²) in [5, 5.41) is 0. The SMILES string of the molecule is C=Cc1ccc(C[N+](C)(C)C)cc1.[ClH2+]. The van der Waals surface area contributed by atoms with E-state index in [4.69, 9.17) is 0 Å². The summed E-state index contributed by atoms with van der Waals surface area (Å²) in [5.74, 6) is 0. The first kappa shape index (κ1) is 13.2. The number of quaternary nitrogens is 1. The number of hydrogen-bond donors (Lipinski definition) is 0. The Kier molecular flexibility index (Phi) is 4.89. The average molecular weight is 214 g/mol. The quantitative estimate of drug-likeness (QED) is 0.674. The fraction of sp³-hybridized carbons (Fsp3) is 0.333. The lowest BCUT2D eigenvalue weighted by Crippen LogP contribution is -2.33. The normalized spacial score (nSPS) is 10.5. The lowest BCUT2D eigenvalue weighted by Gasteiger charge is -2.23. The summed E-state index contributed by atoms with van der Waals surface area (Å²) < 4.78 is 0.966. The molecule has 0 aliphatic rings. The second-order valence-electron chi connectivity index (χ2n) is 4.39. The maximum atomic E-state index is 3.73. The summed E-state index contributed by atoms with van der Waals surface area (Å²) in [6.45, 7) is 4.80. The molecule has 1 aromatic carbocycles. The number of rotatable bonds is 3. The lowest BCUT2D eigenvalue weighted by atomic mass is 10.1. The zero-order valence-corrected chi connectivity index (χ0v) is 10.1. The minimum Gasteiger partial charge on any atom is -0.327 e. The van der Waals surface area contributed by atoms with Crippen LogP contribution in [0.2, 0.25) is 0 Å². The molecule has 0 bridgehead atoms. The van der Waals surface area contributed by atoms with E-state index in [1.54, 1.807) is 0 Å². The summed E-state index contributed by atoms with van der Waals surface area (Å²) in [7, 11) is 6.59. The van der Waals surface area contributed by atoms with Crippen LogP contribution in [0.25, 0.3) is 6.08 Å². The molecule has 78 valence electrons. The molecule has 1 aromatic rings. The largest absolute Gasteiger partial charge is 0.327 e. The van der Waals surface area contributed by atoms with E-state index in [0.29, 0.717) is 0 Å². The van der Waals surface area contributed by atoms with Crippen molar-refractivity contribution in [2.45, 2.75) is 6.54 Å². The van der Waals surface area contributed by atoms with Gasteiger partial charge in [0, 0.05) is 5.56 Å². The summed E-state index contributed by atoms with van der Waals surface area (Å²) in [5.41, 5.74) is 2.56. The van der Waals surface area contributed by atoms with Crippen LogP contribution < -0.4 is 0 Å². The molecular weight excluding hydrogens is 194 g/mol. The average Bonchev–Trinajstić information content (AvgIpc) is 2.03. The van der Waals surface area contributed by atoms with Gasteiger partial charge in [0.25, 0.3) is 0 Å². The predicted octanol–water partition coefficient (Wildman–Crippen LogP) is 2.00. The Morgan fingerprint density at radius 3 is 2.00 bits per heavy atom. The van der Waals surface area contributed by atoms with Crippen molar-refractivity contribution in [1.29, 1.82) is 0 Å². The Morgan fingerprint density at radius 2 is 1.64 bits per heavy atom. The van der Waals surface area contributed by atoms with Crippen LogP contribution in [0.1, 0.15) is 11.1 Å². The number of halogens is 1. The van der Waals surface area contributed by atoms with Crippen molar-refractivity contribution in [2.75, 3.05) is 21.1 Å². The number of benzene rings is 1. The summed E-state index contributed by atoms with van der Waals surface area (Å²) in [6.07, 6.45) is 1.87. The molecule has 2 heteroatoms. The fourth-order valence-corrected chi connectivity index (χ4v) is 1.31. The molecule has 0 N–H and O–H groups in total. The van der Waals surface area contributed by atoms with Crippen LogP contribution in [0.4, 0.5) is 0 Å². The molecule has 1 rings (SSSR count). The molecule has 0 aliphatic carbocycles. The van der Waals surface area contributed by atoms with Crippen molar-refractivity contribution in [2.24, 2.45) is 0 Å². The summed E-state index contributed by atoms with van der Waals surface area (Å²) in [4.78, 5) is 0. The Balaban J connectivity index is 0.00000169. The van der Waals surface area contributed by atoms with E-state index in [0.717, 1.165) is 11.0 Å². The van der Waals surface area contributed by atoms with E-state index in [9.17, 15) is 0 Å². The molecule has 0 heterocycles. The highest BCUT2D eigenvalue weighted by atomic mass is 35.5. The molecule has 0 unspecified atom stereocenters. The van der Waals surface area contributed by atoms with E-state index in [1.165, 1.54) is 11.1 Å². The van der Waals surface area contributed by atoms with Gasteiger partial charge in [0.2, 0.25) is 0 Å². The minimum atomic E-state index is 0. The van der Waals surface area contributed by atoms with Crippen LogP contribution in [-0.2, 0) is 6.54 Å². The zero-order valence-electron chi connectivity index (χ0n) is 9.20. The highest BCUT2D eigenvalue weighted by molar-refractivity contribution is 5.47. The molecule has 0 aliphatic heterocycles. The van der Waals surface area contributed by atoms with E-state index >= 15 is 0 Å². The molecule has 0 radical (unpaired) electrons. The van der Waals surface area contributed by atoms with Gasteiger partial charge in [0.1, 0.15) is 6.54 Å². The standard InChI is InChI=1S/C12H18N.ClH2/c1-5-11-6-8-12(9-7-11)10-13(2,3)4;/h5-9H,1,10H2,2-4H3;1H2/q2*+1. The van der Waals surface area contributed by atoms with Crippen molar-refractivity contribution < 1.29 is 16.9 Å². The van der Waals surface area contributed by atoms with Crippen molar-refractivity contribution in [3.63, 3.8) is 0 Å². The van der Waals surface area contributed by atoms with Gasteiger partial charge in [-0.1, -0.05) is 36.9 Å². The molecule has 0 amide bonds. The molecule has 0 saturated heterocycles. The van der Waals surface area contributed by atoms with Crippen molar-refractivity contribution in [3.05, 3.63) is 42.0 Å². The van der Waals surface area contributed by atoms with Crippen LogP contribution in [0, 0.1) is 12.4 Å². The van der Waals surface area contributed by atoms with Gasteiger partial charge in [-0.05, 0) is 5.56 Å². The van der Waals surface area contributed by atoms with Gasteiger partial charge in [-0.25, -0.2) is 0 Å². The molecule has 0 spiro atoms. The van der Waals surface area contributed by atoms with Crippen LogP contribution >= 0.6 is 0 Å². The van der Waals surface area contributed by atoms with Crippen LogP contribution in [0.15, 0.2) is 30.8 Å². The molecule has 0 fully saturated rings. The number of nitrogens with zero attached hydrogens (tertiary/aromatic N) is 1. The van der Waals surface area contributed by atoms with E-state index in [-0.39, 0.29) is 12.4 Å². The van der Waals surface area contributed by atoms with Gasteiger partial charge in [0.15, 0.2) is 0 Å². The Bertz CT molecular complexity index is 282. The lowest BCUT2D eigenvalue weighted by molar-refractivity contribution is -0.884. The van der Waals surface area contributed by atoms with Crippen molar-refractivity contribution in [3.8, 4) is 0 Å². The summed E-state index contributed by atoms with van der Waals surface area (Å²) >= 11 is 0. The van der Waals surface area contributed by atoms with Crippen LogP contribution in [0.5, 0.6) is 0 Å². The van der Waals surface area contributed by atoms with Crippen molar-refractivity contribution in [1.82, 2.24) is 0 Å². The first-order chi connectivity index (χ1) is 6.01. The topological polar surface area (TPSA) is 0 Å². The van der Waals surface area contributed by atoms with E-state index in [2.05, 4.69) is 52.0 Å². The highest BCUT2D eigenvalue weighted by Gasteiger charge is 2.07. The first-order valence-electron chi connectivity index (χ1n) is 4.53. The third-order valence-electron chi connectivity index (χ3n) is 1.87. The van der Waals surface area contributed by atoms with Gasteiger partial charge in [-0.15, -0.1) is 0 Å². The van der Waals surface area contributed by atoms with Crippen molar-refractivity contribution >= 4 is 6.08 Å². The minimum absolute atomic E-state index is 0. The van der Waals surface area contributed by atoms with Crippen LogP contribution in [0.3, 0.4) is 0 Å². The molecule has 14 heavy (non-hydrogen) atoms. The Labute approximate surface area is 93.1 Å². The van der Waals surface area contributed by atoms with Crippen LogP contribution in [-0.4, -0.2) is 25.6 Å². The fourth-order valence-electron chi connectivity index (χ4n) is 1.31. The van der Waals surface area contributed by atoms with Gasteiger partial charge in [-0.2, -0.15) is 0 Å². The summed E-state index contributed by atoms with van der Waals surface area (Å²) in [6, 6.07) is 8.55. The van der Waals surface area contributed by atoms with Gasteiger partial charge < -0.3 is 4.48 Å². The third kappa shape index (κ3) is 4.45. The smallest absolute Gasteiger partial charge is 0.104 e. The Morgan fingerprint density at radius 1 is 1.14 bits per heavy atom. The van der Waals surface area contributed by atoms with Gasteiger partial charge in [0.05, 0.1) is 33.6 Å².